The molecule has 90 valence electrons. The normalized spacial score (nSPS) is 15.4. The second-order valence-electron chi connectivity index (χ2n) is 3.61. The molecule has 0 atom stereocenters. The third-order valence-electron chi connectivity index (χ3n) is 2.33. The molecule has 7 heteroatoms. The van der Waals surface area contributed by atoms with Gasteiger partial charge in [-0.25, -0.2) is 0 Å². The Morgan fingerprint density at radius 1 is 1.24 bits per heavy atom. The predicted molar refractivity (Wildman–Crippen MR) is 53.6 cm³/mol. The van der Waals surface area contributed by atoms with E-state index in [0.29, 0.717) is 4.90 Å². The quantitative estimate of drug-likeness (QED) is 0.599. The third-order valence-corrected chi connectivity index (χ3v) is 2.33. The van der Waals surface area contributed by atoms with Gasteiger partial charge in [-0.05, 0) is 18.2 Å². The van der Waals surface area contributed by atoms with Gasteiger partial charge in [-0.15, -0.1) is 0 Å². The Kier molecular flexibility index (Phi) is 2.34. The van der Waals surface area contributed by atoms with Crippen molar-refractivity contribution in [3.8, 4) is 0 Å². The second kappa shape index (κ2) is 3.47. The number of benzene rings is 1. The molecule has 1 aliphatic heterocycles. The van der Waals surface area contributed by atoms with Crippen LogP contribution in [-0.2, 0) is 4.79 Å². The number of hydrogen-bond acceptors (Lipinski definition) is 3. The van der Waals surface area contributed by atoms with Crippen LogP contribution in [0.1, 0.15) is 10.4 Å². The topological polar surface area (TPSA) is 63.4 Å². The van der Waals surface area contributed by atoms with Crippen molar-refractivity contribution in [1.29, 1.82) is 0 Å². The molecule has 1 aromatic rings. The van der Waals surface area contributed by atoms with E-state index in [1.807, 2.05) is 0 Å². The van der Waals surface area contributed by atoms with Crippen LogP contribution in [0.2, 0.25) is 0 Å². The lowest BCUT2D eigenvalue weighted by Gasteiger charge is -2.18. The van der Waals surface area contributed by atoms with Crippen molar-refractivity contribution in [2.45, 2.75) is 6.18 Å². The van der Waals surface area contributed by atoms with Crippen molar-refractivity contribution in [1.82, 2.24) is 0 Å². The number of halogens is 3. The van der Waals surface area contributed by atoms with Crippen LogP contribution in [-0.4, -0.2) is 24.4 Å². The number of amides is 1. The highest BCUT2D eigenvalue weighted by Gasteiger charge is 2.42. The summed E-state index contributed by atoms with van der Waals surface area (Å²) in [5, 5.41) is 0. The molecule has 4 nitrogen and oxygen atoms in total. The number of carbonyl (C=O) groups excluding carboxylic acids is 2. The fraction of sp³-hybridized carbons (Fsp3) is 0.200. The van der Waals surface area contributed by atoms with Crippen LogP contribution >= 0.6 is 0 Å². The average Bonchev–Trinajstić information content (AvgIpc) is 2.42. The zero-order valence-electron chi connectivity index (χ0n) is 8.41. The van der Waals surface area contributed by atoms with Crippen LogP contribution < -0.4 is 10.6 Å². The Morgan fingerprint density at radius 2 is 1.88 bits per heavy atom. The summed E-state index contributed by atoms with van der Waals surface area (Å²) in [5.41, 5.74) is 5.49. The summed E-state index contributed by atoms with van der Waals surface area (Å²) in [5.74, 6) is -2.14. The number of fused-ring (bicyclic) bond motifs is 1. The minimum Gasteiger partial charge on any atom is -0.399 e. The number of carbonyl (C=O) groups is 2. The van der Waals surface area contributed by atoms with Crippen LogP contribution in [0.3, 0.4) is 0 Å². The summed E-state index contributed by atoms with van der Waals surface area (Å²) < 4.78 is 36.8. The van der Waals surface area contributed by atoms with Gasteiger partial charge in [0.1, 0.15) is 6.54 Å². The summed E-state index contributed by atoms with van der Waals surface area (Å²) in [4.78, 5) is 23.2. The van der Waals surface area contributed by atoms with Crippen molar-refractivity contribution < 1.29 is 22.8 Å². The van der Waals surface area contributed by atoms with E-state index in [1.54, 1.807) is 0 Å². The first-order valence-corrected chi connectivity index (χ1v) is 4.62. The smallest absolute Gasteiger partial charge is 0.399 e. The van der Waals surface area contributed by atoms with Gasteiger partial charge in [0.2, 0.25) is 0 Å². The SMILES string of the molecule is Nc1ccc2c(c1)C(=O)C(=O)N2CC(F)(F)F. The van der Waals surface area contributed by atoms with E-state index >= 15 is 0 Å². The average molecular weight is 244 g/mol. The summed E-state index contributed by atoms with van der Waals surface area (Å²) >= 11 is 0. The molecule has 0 spiro atoms. The molecule has 0 radical (unpaired) electrons. The monoisotopic (exact) mass is 244 g/mol. The molecule has 0 fully saturated rings. The Morgan fingerprint density at radius 3 is 2.47 bits per heavy atom. The van der Waals surface area contributed by atoms with Gasteiger partial charge >= 0.3 is 6.18 Å². The highest BCUT2D eigenvalue weighted by molar-refractivity contribution is 6.52. The Labute approximate surface area is 93.8 Å². The number of anilines is 2. The lowest BCUT2D eigenvalue weighted by atomic mass is 10.1. The van der Waals surface area contributed by atoms with Crippen molar-refractivity contribution in [2.75, 3.05) is 17.2 Å². The van der Waals surface area contributed by atoms with E-state index in [9.17, 15) is 22.8 Å². The number of rotatable bonds is 1. The Hall–Kier alpha value is -2.05. The minimum absolute atomic E-state index is 0.0495. The lowest BCUT2D eigenvalue weighted by molar-refractivity contribution is -0.129. The number of nitrogens with two attached hydrogens (primary N) is 1. The van der Waals surface area contributed by atoms with E-state index in [-0.39, 0.29) is 16.9 Å². The maximum absolute atomic E-state index is 12.3. The number of alkyl halides is 3. The molecular formula is C10H7F3N2O2. The van der Waals surface area contributed by atoms with Gasteiger partial charge in [0.25, 0.3) is 11.7 Å². The first kappa shape index (κ1) is 11.4. The van der Waals surface area contributed by atoms with E-state index in [0.717, 1.165) is 0 Å². The molecule has 1 amide bonds. The van der Waals surface area contributed by atoms with Crippen LogP contribution in [0.25, 0.3) is 0 Å². The molecular weight excluding hydrogens is 237 g/mol. The van der Waals surface area contributed by atoms with Gasteiger partial charge in [0.05, 0.1) is 11.3 Å². The van der Waals surface area contributed by atoms with Crippen molar-refractivity contribution >= 4 is 23.1 Å². The highest BCUT2D eigenvalue weighted by atomic mass is 19.4. The summed E-state index contributed by atoms with van der Waals surface area (Å²) in [6.45, 7) is -1.48. The summed E-state index contributed by atoms with van der Waals surface area (Å²) in [7, 11) is 0. The fourth-order valence-corrected chi connectivity index (χ4v) is 1.65. The van der Waals surface area contributed by atoms with Gasteiger partial charge in [0, 0.05) is 5.69 Å². The molecule has 2 rings (SSSR count). The summed E-state index contributed by atoms with van der Waals surface area (Å²) in [6, 6.07) is 3.78. The van der Waals surface area contributed by atoms with E-state index in [1.165, 1.54) is 18.2 Å². The van der Waals surface area contributed by atoms with Gasteiger partial charge < -0.3 is 5.73 Å². The van der Waals surface area contributed by atoms with E-state index < -0.39 is 24.4 Å². The van der Waals surface area contributed by atoms with Crippen LogP contribution in [0.5, 0.6) is 0 Å². The number of nitrogens with zero attached hydrogens (tertiary/aromatic N) is 1. The van der Waals surface area contributed by atoms with Crippen molar-refractivity contribution in [2.24, 2.45) is 0 Å². The Bertz CT molecular complexity index is 511. The zero-order valence-corrected chi connectivity index (χ0v) is 8.41. The molecule has 0 aliphatic carbocycles. The summed E-state index contributed by atoms with van der Waals surface area (Å²) in [6.07, 6.45) is -4.56. The second-order valence-corrected chi connectivity index (χ2v) is 3.61. The van der Waals surface area contributed by atoms with Crippen LogP contribution in [0, 0.1) is 0 Å². The maximum Gasteiger partial charge on any atom is 0.406 e. The number of Topliss-reactive ketones (excluding diaryl/α,β-unsaturated/α-hetero) is 1. The fourth-order valence-electron chi connectivity index (χ4n) is 1.65. The van der Waals surface area contributed by atoms with Gasteiger partial charge in [-0.1, -0.05) is 0 Å². The molecule has 0 saturated heterocycles. The Balaban J connectivity index is 2.45. The van der Waals surface area contributed by atoms with E-state index in [4.69, 9.17) is 5.73 Å². The first-order valence-electron chi connectivity index (χ1n) is 4.62. The van der Waals surface area contributed by atoms with Gasteiger partial charge in [-0.2, -0.15) is 13.2 Å². The highest BCUT2D eigenvalue weighted by Crippen LogP contribution is 2.32. The zero-order chi connectivity index (χ0) is 12.8. The van der Waals surface area contributed by atoms with Crippen molar-refractivity contribution in [3.63, 3.8) is 0 Å². The lowest BCUT2D eigenvalue weighted by Crippen LogP contribution is -2.38. The van der Waals surface area contributed by atoms with Crippen LogP contribution in [0.4, 0.5) is 24.5 Å². The predicted octanol–water partition coefficient (Wildman–Crippen LogP) is 1.36. The van der Waals surface area contributed by atoms with E-state index in [2.05, 4.69) is 0 Å². The number of nitrogen functional groups attached to an aromatic ring is 1. The molecule has 0 bridgehead atoms. The largest absolute Gasteiger partial charge is 0.406 e. The standard InChI is InChI=1S/C10H7F3N2O2/c11-10(12,13)4-15-7-2-1-5(14)3-6(7)8(16)9(15)17/h1-3H,4,14H2. The molecule has 0 aromatic heterocycles. The van der Waals surface area contributed by atoms with Gasteiger partial charge in [-0.3, -0.25) is 14.5 Å². The molecule has 0 unspecified atom stereocenters. The molecule has 0 saturated carbocycles. The van der Waals surface area contributed by atoms with Gasteiger partial charge in [0.15, 0.2) is 0 Å². The third kappa shape index (κ3) is 1.95. The minimum atomic E-state index is -4.56. The van der Waals surface area contributed by atoms with Crippen LogP contribution in [0.15, 0.2) is 18.2 Å². The molecule has 1 aromatic carbocycles. The molecule has 1 aliphatic rings. The molecule has 17 heavy (non-hydrogen) atoms. The van der Waals surface area contributed by atoms with Crippen molar-refractivity contribution in [3.05, 3.63) is 23.8 Å². The number of hydrogen-bond donors (Lipinski definition) is 1. The molecule has 2 N–H and O–H groups in total. The first-order chi connectivity index (χ1) is 7.79. The number of ketones is 1. The molecule has 1 heterocycles. The maximum atomic E-state index is 12.3.